The van der Waals surface area contributed by atoms with Gasteiger partial charge < -0.3 is 14.8 Å². The molecule has 0 aliphatic rings. The Balaban J connectivity index is 1.53. The van der Waals surface area contributed by atoms with Crippen LogP contribution in [0.2, 0.25) is 0 Å². The van der Waals surface area contributed by atoms with E-state index in [1.165, 1.54) is 41.3 Å². The van der Waals surface area contributed by atoms with Gasteiger partial charge in [-0.1, -0.05) is 37.3 Å². The lowest BCUT2D eigenvalue weighted by Gasteiger charge is -2.28. The molecule has 38 heavy (non-hydrogen) atoms. The van der Waals surface area contributed by atoms with Gasteiger partial charge >= 0.3 is 0 Å². The predicted octanol–water partition coefficient (Wildman–Crippen LogP) is 5.34. The summed E-state index contributed by atoms with van der Waals surface area (Å²) < 4.78 is 13.5. The van der Waals surface area contributed by atoms with Crippen LogP contribution in [0, 0.1) is 15.9 Å². The van der Waals surface area contributed by atoms with Crippen LogP contribution in [-0.4, -0.2) is 51.2 Å². The number of para-hydroxylation sites is 1. The molecule has 4 rings (SSSR count). The van der Waals surface area contributed by atoms with Crippen LogP contribution in [0.25, 0.3) is 10.9 Å². The van der Waals surface area contributed by atoms with Crippen LogP contribution in [-0.2, 0) is 17.8 Å². The van der Waals surface area contributed by atoms with Crippen molar-refractivity contribution < 1.29 is 18.9 Å². The first-order valence-electron chi connectivity index (χ1n) is 12.5. The normalized spacial score (nSPS) is 10.9. The van der Waals surface area contributed by atoms with Crippen LogP contribution in [0.5, 0.6) is 0 Å². The largest absolute Gasteiger partial charge is 0.361 e. The highest BCUT2D eigenvalue weighted by Gasteiger charge is 2.23. The van der Waals surface area contributed by atoms with Gasteiger partial charge in [-0.2, -0.15) is 0 Å². The van der Waals surface area contributed by atoms with Crippen molar-refractivity contribution in [3.63, 3.8) is 0 Å². The minimum absolute atomic E-state index is 0.109. The fourth-order valence-electron chi connectivity index (χ4n) is 4.39. The van der Waals surface area contributed by atoms with E-state index in [0.29, 0.717) is 25.9 Å². The summed E-state index contributed by atoms with van der Waals surface area (Å²) in [6, 6.07) is 19.3. The maximum Gasteiger partial charge on any atom is 0.269 e. The zero-order valence-corrected chi connectivity index (χ0v) is 21.1. The molecule has 2 amide bonds. The first-order valence-corrected chi connectivity index (χ1v) is 12.5. The van der Waals surface area contributed by atoms with E-state index in [2.05, 4.69) is 4.98 Å². The van der Waals surface area contributed by atoms with Crippen molar-refractivity contribution >= 4 is 28.4 Å². The number of amides is 2. The third kappa shape index (κ3) is 6.42. The molecular formula is C29H29FN4O4. The molecule has 4 aromatic rings. The molecular weight excluding hydrogens is 487 g/mol. The summed E-state index contributed by atoms with van der Waals surface area (Å²) in [5.74, 6) is -0.959. The van der Waals surface area contributed by atoms with Crippen LogP contribution in [0.15, 0.2) is 79.0 Å². The highest BCUT2D eigenvalue weighted by Crippen LogP contribution is 2.19. The third-order valence-electron chi connectivity index (χ3n) is 6.40. The summed E-state index contributed by atoms with van der Waals surface area (Å²) in [7, 11) is 0. The zero-order valence-electron chi connectivity index (χ0n) is 21.1. The second kappa shape index (κ2) is 12.1. The second-order valence-electron chi connectivity index (χ2n) is 9.08. The van der Waals surface area contributed by atoms with Crippen molar-refractivity contribution in [3.05, 3.63) is 112 Å². The van der Waals surface area contributed by atoms with Crippen LogP contribution >= 0.6 is 0 Å². The van der Waals surface area contributed by atoms with E-state index in [0.717, 1.165) is 22.0 Å². The Bertz CT molecular complexity index is 1420. The van der Waals surface area contributed by atoms with Gasteiger partial charge in [0.1, 0.15) is 12.4 Å². The topological polar surface area (TPSA) is 99.6 Å². The van der Waals surface area contributed by atoms with E-state index in [9.17, 15) is 24.1 Å². The number of benzene rings is 3. The van der Waals surface area contributed by atoms with Crippen molar-refractivity contribution in [2.75, 3.05) is 19.6 Å². The van der Waals surface area contributed by atoms with Crippen LogP contribution in [0.4, 0.5) is 10.1 Å². The van der Waals surface area contributed by atoms with Gasteiger partial charge in [-0.25, -0.2) is 4.39 Å². The molecule has 0 saturated carbocycles. The van der Waals surface area contributed by atoms with Gasteiger partial charge in [0.2, 0.25) is 5.91 Å². The second-order valence-corrected chi connectivity index (χ2v) is 9.08. The number of fused-ring (bicyclic) bond motifs is 1. The summed E-state index contributed by atoms with van der Waals surface area (Å²) in [5.41, 5.74) is 3.04. The van der Waals surface area contributed by atoms with Crippen molar-refractivity contribution in [1.29, 1.82) is 0 Å². The lowest BCUT2D eigenvalue weighted by Crippen LogP contribution is -2.43. The molecule has 1 heterocycles. The van der Waals surface area contributed by atoms with Gasteiger partial charge in [-0.3, -0.25) is 19.7 Å². The number of hydrogen-bond donors (Lipinski definition) is 1. The smallest absolute Gasteiger partial charge is 0.269 e. The Labute approximate surface area is 219 Å². The maximum atomic E-state index is 13.6. The minimum Gasteiger partial charge on any atom is -0.361 e. The molecule has 9 heteroatoms. The summed E-state index contributed by atoms with van der Waals surface area (Å²) in [6.45, 7) is 2.80. The average Bonchev–Trinajstić information content (AvgIpc) is 3.34. The number of halogens is 1. The summed E-state index contributed by atoms with van der Waals surface area (Å²) >= 11 is 0. The number of carbonyl (C=O) groups is 2. The number of carbonyl (C=O) groups excluding carboxylic acids is 2. The fraction of sp³-hybridized carbons (Fsp3) is 0.241. The van der Waals surface area contributed by atoms with Gasteiger partial charge in [0.25, 0.3) is 11.6 Å². The highest BCUT2D eigenvalue weighted by molar-refractivity contribution is 5.96. The van der Waals surface area contributed by atoms with Crippen molar-refractivity contribution in [1.82, 2.24) is 14.8 Å². The molecule has 0 saturated heterocycles. The number of aromatic amines is 1. The minimum atomic E-state index is -0.525. The maximum absolute atomic E-state index is 13.6. The lowest BCUT2D eigenvalue weighted by molar-refractivity contribution is -0.384. The predicted molar refractivity (Wildman–Crippen MR) is 143 cm³/mol. The summed E-state index contributed by atoms with van der Waals surface area (Å²) in [6.07, 6.45) is 3.17. The SMILES string of the molecule is CCCN(CC(=O)N(CCc1c[nH]c2ccccc12)Cc1ccc(F)cc1)C(=O)c1ccc([N+](=O)[O-])cc1. The number of nitro groups is 1. The van der Waals surface area contributed by atoms with Gasteiger partial charge in [0.15, 0.2) is 0 Å². The van der Waals surface area contributed by atoms with Gasteiger partial charge in [-0.05, 0) is 54.3 Å². The first-order chi connectivity index (χ1) is 18.4. The molecule has 196 valence electrons. The molecule has 0 unspecified atom stereocenters. The molecule has 0 radical (unpaired) electrons. The van der Waals surface area contributed by atoms with Gasteiger partial charge in [0.05, 0.1) is 4.92 Å². The van der Waals surface area contributed by atoms with Crippen LogP contribution in [0.3, 0.4) is 0 Å². The van der Waals surface area contributed by atoms with E-state index >= 15 is 0 Å². The number of hydrogen-bond acceptors (Lipinski definition) is 4. The first kappa shape index (κ1) is 26.5. The average molecular weight is 517 g/mol. The quantitative estimate of drug-likeness (QED) is 0.215. The Morgan fingerprint density at radius 3 is 2.34 bits per heavy atom. The molecule has 1 aromatic heterocycles. The third-order valence-corrected chi connectivity index (χ3v) is 6.40. The summed E-state index contributed by atoms with van der Waals surface area (Å²) in [4.78, 5) is 43.6. The number of rotatable bonds is 11. The van der Waals surface area contributed by atoms with Gasteiger partial charge in [0, 0.05) is 54.4 Å². The Kier molecular flexibility index (Phi) is 8.47. The Morgan fingerprint density at radius 1 is 0.947 bits per heavy atom. The number of non-ortho nitro benzene ring substituents is 1. The number of nitrogens with one attached hydrogen (secondary N) is 1. The van der Waals surface area contributed by atoms with Crippen molar-refractivity contribution in [2.24, 2.45) is 0 Å². The lowest BCUT2D eigenvalue weighted by atomic mass is 10.1. The molecule has 0 bridgehead atoms. The molecule has 0 fully saturated rings. The standard InChI is InChI=1S/C29H29FN4O4/c1-2-16-33(29(36)22-9-13-25(14-10-22)34(37)38)20-28(35)32(19-21-7-11-24(30)12-8-21)17-15-23-18-31-27-6-4-3-5-26(23)27/h3-14,18,31H,2,15-17,19-20H2,1H3. The van der Waals surface area contributed by atoms with E-state index in [1.54, 1.807) is 17.0 Å². The number of H-pyrrole nitrogens is 1. The molecule has 1 N–H and O–H groups in total. The molecule has 8 nitrogen and oxygen atoms in total. The van der Waals surface area contributed by atoms with Crippen molar-refractivity contribution in [3.8, 4) is 0 Å². The Hall–Kier alpha value is -4.53. The molecule has 0 aliphatic carbocycles. The molecule has 0 spiro atoms. The zero-order chi connectivity index (χ0) is 27.1. The highest BCUT2D eigenvalue weighted by atomic mass is 19.1. The van der Waals surface area contributed by atoms with Gasteiger partial charge in [-0.15, -0.1) is 0 Å². The number of aromatic nitrogens is 1. The van der Waals surface area contributed by atoms with E-state index in [-0.39, 0.29) is 42.0 Å². The number of nitro benzene ring substituents is 1. The van der Waals surface area contributed by atoms with E-state index < -0.39 is 4.92 Å². The monoisotopic (exact) mass is 516 g/mol. The van der Waals surface area contributed by atoms with Crippen LogP contribution < -0.4 is 0 Å². The number of nitrogens with zero attached hydrogens (tertiary/aromatic N) is 3. The van der Waals surface area contributed by atoms with Crippen molar-refractivity contribution in [2.45, 2.75) is 26.3 Å². The van der Waals surface area contributed by atoms with E-state index in [4.69, 9.17) is 0 Å². The molecule has 3 aromatic carbocycles. The van der Waals surface area contributed by atoms with E-state index in [1.807, 2.05) is 37.4 Å². The molecule has 0 atom stereocenters. The Morgan fingerprint density at radius 2 is 1.66 bits per heavy atom. The van der Waals surface area contributed by atoms with Crippen LogP contribution in [0.1, 0.15) is 34.8 Å². The molecule has 0 aliphatic heterocycles. The fourth-order valence-corrected chi connectivity index (χ4v) is 4.39. The summed E-state index contributed by atoms with van der Waals surface area (Å²) in [5, 5.41) is 12.0.